The highest BCUT2D eigenvalue weighted by Gasteiger charge is 2.23. The number of rotatable bonds is 0. The number of hydrogen-bond donors (Lipinski definition) is 3. The Balaban J connectivity index is 2.65. The average molecular weight is 195 g/mol. The van der Waals surface area contributed by atoms with Gasteiger partial charge in [0.05, 0.1) is 5.56 Å². The van der Waals surface area contributed by atoms with Gasteiger partial charge >= 0.3 is 5.69 Å². The molecule has 1 aromatic heterocycles. The molecule has 2 unspecified atom stereocenters. The molecule has 0 fully saturated rings. The molecule has 0 saturated heterocycles. The maximum Gasteiger partial charge on any atom is 0.325 e. The Morgan fingerprint density at radius 1 is 1.21 bits per heavy atom. The van der Waals surface area contributed by atoms with Crippen LogP contribution in [-0.2, 0) is 6.42 Å². The summed E-state index contributed by atoms with van der Waals surface area (Å²) in [6, 6.07) is 0.282. The first-order chi connectivity index (χ1) is 6.58. The number of aromatic amines is 2. The van der Waals surface area contributed by atoms with Crippen LogP contribution in [0.3, 0.4) is 0 Å². The van der Waals surface area contributed by atoms with Crippen molar-refractivity contribution in [3.63, 3.8) is 0 Å². The fraction of sp³-hybridized carbons (Fsp3) is 0.556. The standard InChI is InChI=1S/C9H13N3O2/c1-4-3-6-7(5(2)10-4)8(13)12-9(14)11-6/h4-5,10H,3H2,1-2H3,(H2,11,12,13,14). The molecule has 0 aliphatic carbocycles. The second-order valence-corrected chi connectivity index (χ2v) is 3.79. The summed E-state index contributed by atoms with van der Waals surface area (Å²) in [7, 11) is 0. The molecule has 0 spiro atoms. The van der Waals surface area contributed by atoms with Gasteiger partial charge in [-0.3, -0.25) is 9.78 Å². The van der Waals surface area contributed by atoms with Crippen molar-refractivity contribution in [2.24, 2.45) is 0 Å². The van der Waals surface area contributed by atoms with E-state index in [-0.39, 0.29) is 17.6 Å². The summed E-state index contributed by atoms with van der Waals surface area (Å²) in [5.74, 6) is 0. The van der Waals surface area contributed by atoms with E-state index in [4.69, 9.17) is 0 Å². The lowest BCUT2D eigenvalue weighted by Gasteiger charge is -2.27. The summed E-state index contributed by atoms with van der Waals surface area (Å²) in [4.78, 5) is 27.4. The quantitative estimate of drug-likeness (QED) is 0.530. The molecule has 0 bridgehead atoms. The SMILES string of the molecule is CC1Cc2[nH]c(=O)[nH]c(=O)c2C(C)N1. The van der Waals surface area contributed by atoms with Gasteiger partial charge in [-0.05, 0) is 13.8 Å². The van der Waals surface area contributed by atoms with Crippen molar-refractivity contribution >= 4 is 0 Å². The van der Waals surface area contributed by atoms with E-state index in [0.717, 1.165) is 5.69 Å². The van der Waals surface area contributed by atoms with Crippen molar-refractivity contribution in [1.29, 1.82) is 0 Å². The van der Waals surface area contributed by atoms with Crippen molar-refractivity contribution in [1.82, 2.24) is 15.3 Å². The summed E-state index contributed by atoms with van der Waals surface area (Å²) >= 11 is 0. The van der Waals surface area contributed by atoms with E-state index >= 15 is 0 Å². The third-order valence-corrected chi connectivity index (χ3v) is 2.54. The van der Waals surface area contributed by atoms with Gasteiger partial charge in [0.25, 0.3) is 5.56 Å². The third kappa shape index (κ3) is 1.39. The summed E-state index contributed by atoms with van der Waals surface area (Å²) in [5, 5.41) is 3.25. The zero-order chi connectivity index (χ0) is 10.3. The predicted molar refractivity (Wildman–Crippen MR) is 52.4 cm³/mol. The first-order valence-electron chi connectivity index (χ1n) is 4.69. The molecule has 2 heterocycles. The number of fused-ring (bicyclic) bond motifs is 1. The first kappa shape index (κ1) is 9.21. The molecular formula is C9H13N3O2. The minimum absolute atomic E-state index is 0.00523. The Labute approximate surface area is 80.6 Å². The minimum Gasteiger partial charge on any atom is -0.311 e. The third-order valence-electron chi connectivity index (χ3n) is 2.54. The highest BCUT2D eigenvalue weighted by Crippen LogP contribution is 2.18. The molecule has 0 radical (unpaired) electrons. The van der Waals surface area contributed by atoms with Gasteiger partial charge in [-0.2, -0.15) is 0 Å². The van der Waals surface area contributed by atoms with Crippen LogP contribution in [0.5, 0.6) is 0 Å². The van der Waals surface area contributed by atoms with Gasteiger partial charge in [-0.15, -0.1) is 0 Å². The van der Waals surface area contributed by atoms with Crippen molar-refractivity contribution in [2.75, 3.05) is 0 Å². The summed E-state index contributed by atoms with van der Waals surface area (Å²) in [6.07, 6.45) is 0.693. The second-order valence-electron chi connectivity index (χ2n) is 3.79. The molecule has 2 atom stereocenters. The van der Waals surface area contributed by atoms with Crippen LogP contribution in [0.1, 0.15) is 31.1 Å². The lowest BCUT2D eigenvalue weighted by molar-refractivity contribution is 0.433. The van der Waals surface area contributed by atoms with E-state index in [0.29, 0.717) is 12.0 Å². The fourth-order valence-corrected chi connectivity index (χ4v) is 2.04. The maximum absolute atomic E-state index is 11.5. The van der Waals surface area contributed by atoms with E-state index in [1.807, 2.05) is 13.8 Å². The Kier molecular flexibility index (Phi) is 2.03. The molecule has 1 aliphatic heterocycles. The van der Waals surface area contributed by atoms with Gasteiger partial charge in [0.15, 0.2) is 0 Å². The molecule has 0 aromatic carbocycles. The molecular weight excluding hydrogens is 182 g/mol. The lowest BCUT2D eigenvalue weighted by atomic mass is 9.97. The van der Waals surface area contributed by atoms with Crippen LogP contribution in [0, 0.1) is 0 Å². The largest absolute Gasteiger partial charge is 0.325 e. The Morgan fingerprint density at radius 3 is 2.64 bits per heavy atom. The van der Waals surface area contributed by atoms with Crippen molar-refractivity contribution < 1.29 is 0 Å². The zero-order valence-corrected chi connectivity index (χ0v) is 8.18. The number of hydrogen-bond acceptors (Lipinski definition) is 3. The fourth-order valence-electron chi connectivity index (χ4n) is 2.04. The van der Waals surface area contributed by atoms with E-state index in [1.165, 1.54) is 0 Å². The number of nitrogens with one attached hydrogen (secondary N) is 3. The van der Waals surface area contributed by atoms with E-state index in [1.54, 1.807) is 0 Å². The zero-order valence-electron chi connectivity index (χ0n) is 8.18. The highest BCUT2D eigenvalue weighted by molar-refractivity contribution is 5.23. The summed E-state index contributed by atoms with van der Waals surface area (Å²) < 4.78 is 0. The first-order valence-corrected chi connectivity index (χ1v) is 4.69. The van der Waals surface area contributed by atoms with Gasteiger partial charge < -0.3 is 10.3 Å². The molecule has 1 aliphatic rings. The average Bonchev–Trinajstić information content (AvgIpc) is 1.99. The second kappa shape index (κ2) is 3.09. The maximum atomic E-state index is 11.5. The van der Waals surface area contributed by atoms with E-state index in [9.17, 15) is 9.59 Å². The normalized spacial score (nSPS) is 25.9. The van der Waals surface area contributed by atoms with Crippen LogP contribution in [0.4, 0.5) is 0 Å². The molecule has 3 N–H and O–H groups in total. The van der Waals surface area contributed by atoms with Crippen LogP contribution in [-0.4, -0.2) is 16.0 Å². The molecule has 5 heteroatoms. The van der Waals surface area contributed by atoms with E-state index in [2.05, 4.69) is 15.3 Å². The Bertz CT molecular complexity index is 460. The topological polar surface area (TPSA) is 77.8 Å². The molecule has 1 aromatic rings. The lowest BCUT2D eigenvalue weighted by Crippen LogP contribution is -2.42. The monoisotopic (exact) mass is 195 g/mol. The Hall–Kier alpha value is -1.36. The molecule has 0 saturated carbocycles. The summed E-state index contributed by atoms with van der Waals surface area (Å²) in [6.45, 7) is 3.95. The van der Waals surface area contributed by atoms with Gasteiger partial charge in [0, 0.05) is 24.2 Å². The van der Waals surface area contributed by atoms with Crippen LogP contribution in [0.15, 0.2) is 9.59 Å². The molecule has 14 heavy (non-hydrogen) atoms. The molecule has 76 valence electrons. The smallest absolute Gasteiger partial charge is 0.311 e. The van der Waals surface area contributed by atoms with Gasteiger partial charge in [0.1, 0.15) is 0 Å². The molecule has 2 rings (SSSR count). The van der Waals surface area contributed by atoms with E-state index < -0.39 is 5.69 Å². The van der Waals surface area contributed by atoms with Crippen LogP contribution >= 0.6 is 0 Å². The van der Waals surface area contributed by atoms with Crippen molar-refractivity contribution in [3.05, 3.63) is 32.1 Å². The minimum atomic E-state index is -0.421. The predicted octanol–water partition coefficient (Wildman–Crippen LogP) is -0.342. The van der Waals surface area contributed by atoms with Gasteiger partial charge in [-0.25, -0.2) is 4.79 Å². The Morgan fingerprint density at radius 2 is 1.93 bits per heavy atom. The molecule has 5 nitrogen and oxygen atoms in total. The van der Waals surface area contributed by atoms with Gasteiger partial charge in [0.2, 0.25) is 0 Å². The summed E-state index contributed by atoms with van der Waals surface area (Å²) in [5.41, 5.74) is 0.714. The molecule has 0 amide bonds. The van der Waals surface area contributed by atoms with Crippen LogP contribution < -0.4 is 16.6 Å². The van der Waals surface area contributed by atoms with Gasteiger partial charge in [-0.1, -0.05) is 0 Å². The van der Waals surface area contributed by atoms with Crippen LogP contribution in [0.25, 0.3) is 0 Å². The van der Waals surface area contributed by atoms with Crippen molar-refractivity contribution in [3.8, 4) is 0 Å². The number of aromatic nitrogens is 2. The number of H-pyrrole nitrogens is 2. The highest BCUT2D eigenvalue weighted by atomic mass is 16.2. The van der Waals surface area contributed by atoms with Crippen LogP contribution in [0.2, 0.25) is 0 Å². The van der Waals surface area contributed by atoms with Crippen molar-refractivity contribution in [2.45, 2.75) is 32.4 Å².